The maximum absolute atomic E-state index is 5.83. The Morgan fingerprint density at radius 1 is 1.29 bits per heavy atom. The van der Waals surface area contributed by atoms with Crippen LogP contribution in [0.2, 0.25) is 0 Å². The smallest absolute Gasteiger partial charge is 0.228 e. The Labute approximate surface area is 127 Å². The Hall–Kier alpha value is -0.940. The zero-order chi connectivity index (χ0) is 15.1. The van der Waals surface area contributed by atoms with E-state index in [2.05, 4.69) is 29.3 Å². The van der Waals surface area contributed by atoms with Gasteiger partial charge in [0.2, 0.25) is 11.7 Å². The van der Waals surface area contributed by atoms with Crippen LogP contribution < -0.4 is 5.32 Å². The lowest BCUT2D eigenvalue weighted by atomic mass is 9.93. The second-order valence-electron chi connectivity index (χ2n) is 6.18. The molecule has 5 heteroatoms. The van der Waals surface area contributed by atoms with E-state index in [9.17, 15) is 0 Å². The van der Waals surface area contributed by atoms with E-state index < -0.39 is 0 Å². The summed E-state index contributed by atoms with van der Waals surface area (Å²) < 4.78 is 11.3. The molecule has 0 radical (unpaired) electrons. The average molecular weight is 295 g/mol. The standard InChI is InChI=1S/C16H29N3O2/c1-4-11-17-13(2)12-14-18-15(19-21-14)16(20-3)9-7-5-6-8-10-16/h13,17H,4-12H2,1-3H3. The molecule has 1 N–H and O–H groups in total. The minimum Gasteiger partial charge on any atom is -0.370 e. The summed E-state index contributed by atoms with van der Waals surface area (Å²) in [7, 11) is 1.77. The molecule has 5 nitrogen and oxygen atoms in total. The normalized spacial score (nSPS) is 20.1. The minimum atomic E-state index is -0.335. The predicted molar refractivity (Wildman–Crippen MR) is 82.1 cm³/mol. The van der Waals surface area contributed by atoms with Gasteiger partial charge in [0.15, 0.2) is 0 Å². The van der Waals surface area contributed by atoms with Crippen molar-refractivity contribution in [3.05, 3.63) is 11.7 Å². The average Bonchev–Trinajstić information content (AvgIpc) is 2.82. The van der Waals surface area contributed by atoms with Crippen LogP contribution in [0, 0.1) is 0 Å². The second-order valence-corrected chi connectivity index (χ2v) is 6.18. The highest BCUT2D eigenvalue weighted by Crippen LogP contribution is 2.37. The van der Waals surface area contributed by atoms with E-state index in [1.807, 2.05) is 0 Å². The van der Waals surface area contributed by atoms with Gasteiger partial charge in [0, 0.05) is 19.6 Å². The van der Waals surface area contributed by atoms with Gasteiger partial charge in [0.25, 0.3) is 0 Å². The molecule has 1 fully saturated rings. The van der Waals surface area contributed by atoms with Gasteiger partial charge in [-0.1, -0.05) is 37.8 Å². The van der Waals surface area contributed by atoms with Crippen LogP contribution in [0.3, 0.4) is 0 Å². The molecule has 0 spiro atoms. The van der Waals surface area contributed by atoms with Gasteiger partial charge >= 0.3 is 0 Å². The van der Waals surface area contributed by atoms with E-state index in [1.54, 1.807) is 7.11 Å². The molecule has 1 aromatic rings. The van der Waals surface area contributed by atoms with Gasteiger partial charge in [-0.25, -0.2) is 0 Å². The van der Waals surface area contributed by atoms with Crippen LogP contribution in [-0.4, -0.2) is 29.8 Å². The lowest BCUT2D eigenvalue weighted by Crippen LogP contribution is -2.30. The van der Waals surface area contributed by atoms with Gasteiger partial charge in [-0.15, -0.1) is 0 Å². The molecule has 1 aromatic heterocycles. The zero-order valence-electron chi connectivity index (χ0n) is 13.7. The number of aromatic nitrogens is 2. The summed E-state index contributed by atoms with van der Waals surface area (Å²) >= 11 is 0. The Kier molecular flexibility index (Phi) is 6.18. The summed E-state index contributed by atoms with van der Waals surface area (Å²) in [5.41, 5.74) is -0.335. The van der Waals surface area contributed by atoms with Crippen LogP contribution in [0.5, 0.6) is 0 Å². The molecule has 1 atom stereocenters. The third-order valence-electron chi connectivity index (χ3n) is 4.40. The monoisotopic (exact) mass is 295 g/mol. The molecule has 0 saturated heterocycles. The first kappa shape index (κ1) is 16.4. The summed E-state index contributed by atoms with van der Waals surface area (Å²) in [6.45, 7) is 5.33. The van der Waals surface area contributed by atoms with Gasteiger partial charge in [-0.2, -0.15) is 4.98 Å². The molecule has 21 heavy (non-hydrogen) atoms. The molecular weight excluding hydrogens is 266 g/mol. The Balaban J connectivity index is 2.03. The summed E-state index contributed by atoms with van der Waals surface area (Å²) in [5, 5.41) is 7.66. The van der Waals surface area contributed by atoms with Gasteiger partial charge < -0.3 is 14.6 Å². The molecule has 0 amide bonds. The molecular formula is C16H29N3O2. The quantitative estimate of drug-likeness (QED) is 0.783. The molecule has 1 unspecified atom stereocenters. The summed E-state index contributed by atoms with van der Waals surface area (Å²) in [6, 6.07) is 0.353. The van der Waals surface area contributed by atoms with Crippen molar-refractivity contribution in [2.24, 2.45) is 0 Å². The van der Waals surface area contributed by atoms with E-state index in [1.165, 1.54) is 25.7 Å². The SMILES string of the molecule is CCCNC(C)Cc1nc(C2(OC)CCCCCC2)no1. The maximum atomic E-state index is 5.83. The van der Waals surface area contributed by atoms with E-state index in [-0.39, 0.29) is 5.60 Å². The molecule has 1 aliphatic rings. The van der Waals surface area contributed by atoms with Gasteiger partial charge in [0.05, 0.1) is 0 Å². The number of hydrogen-bond acceptors (Lipinski definition) is 5. The predicted octanol–water partition coefficient (Wildman–Crippen LogP) is 3.20. The maximum Gasteiger partial charge on any atom is 0.228 e. The van der Waals surface area contributed by atoms with Crippen LogP contribution in [0.1, 0.15) is 70.5 Å². The van der Waals surface area contributed by atoms with Crippen LogP contribution >= 0.6 is 0 Å². The fourth-order valence-corrected chi connectivity index (χ4v) is 3.07. The number of methoxy groups -OCH3 is 1. The lowest BCUT2D eigenvalue weighted by molar-refractivity contribution is -0.0365. The Morgan fingerprint density at radius 2 is 2.00 bits per heavy atom. The summed E-state index contributed by atoms with van der Waals surface area (Å²) in [5.74, 6) is 1.45. The van der Waals surface area contributed by atoms with Crippen molar-refractivity contribution in [3.8, 4) is 0 Å². The molecule has 0 bridgehead atoms. The zero-order valence-corrected chi connectivity index (χ0v) is 13.7. The molecule has 1 aliphatic carbocycles. The molecule has 1 saturated carbocycles. The van der Waals surface area contributed by atoms with Crippen LogP contribution in [0.25, 0.3) is 0 Å². The topological polar surface area (TPSA) is 60.2 Å². The minimum absolute atomic E-state index is 0.335. The Morgan fingerprint density at radius 3 is 2.62 bits per heavy atom. The molecule has 0 aliphatic heterocycles. The number of rotatable bonds is 7. The highest BCUT2D eigenvalue weighted by atomic mass is 16.5. The van der Waals surface area contributed by atoms with Crippen LogP contribution in [0.4, 0.5) is 0 Å². The van der Waals surface area contributed by atoms with Gasteiger partial charge in [-0.05, 0) is 32.7 Å². The fourth-order valence-electron chi connectivity index (χ4n) is 3.07. The third kappa shape index (κ3) is 4.27. The largest absolute Gasteiger partial charge is 0.370 e. The van der Waals surface area contributed by atoms with Crippen LogP contribution in [-0.2, 0) is 16.8 Å². The van der Waals surface area contributed by atoms with Gasteiger partial charge in [0.1, 0.15) is 5.60 Å². The van der Waals surface area contributed by atoms with Crippen molar-refractivity contribution in [3.63, 3.8) is 0 Å². The van der Waals surface area contributed by atoms with Crippen molar-refractivity contribution in [1.82, 2.24) is 15.5 Å². The molecule has 1 heterocycles. The fraction of sp³-hybridized carbons (Fsp3) is 0.875. The first-order valence-electron chi connectivity index (χ1n) is 8.32. The van der Waals surface area contributed by atoms with E-state index in [0.29, 0.717) is 11.9 Å². The van der Waals surface area contributed by atoms with Crippen molar-refractivity contribution in [2.45, 2.75) is 76.9 Å². The number of nitrogens with one attached hydrogen (secondary N) is 1. The summed E-state index contributed by atoms with van der Waals surface area (Å²) in [4.78, 5) is 4.62. The number of ether oxygens (including phenoxy) is 1. The highest BCUT2D eigenvalue weighted by molar-refractivity contribution is 5.03. The number of hydrogen-bond donors (Lipinski definition) is 1. The van der Waals surface area contributed by atoms with Crippen molar-refractivity contribution in [2.75, 3.05) is 13.7 Å². The third-order valence-corrected chi connectivity index (χ3v) is 4.40. The number of nitrogens with zero attached hydrogens (tertiary/aromatic N) is 2. The van der Waals surface area contributed by atoms with Crippen molar-refractivity contribution >= 4 is 0 Å². The molecule has 120 valence electrons. The van der Waals surface area contributed by atoms with Crippen molar-refractivity contribution < 1.29 is 9.26 Å². The van der Waals surface area contributed by atoms with Crippen LogP contribution in [0.15, 0.2) is 4.52 Å². The summed E-state index contributed by atoms with van der Waals surface area (Å²) in [6.07, 6.45) is 8.77. The lowest BCUT2D eigenvalue weighted by Gasteiger charge is -2.27. The molecule has 0 aromatic carbocycles. The van der Waals surface area contributed by atoms with E-state index in [0.717, 1.165) is 38.1 Å². The first-order chi connectivity index (χ1) is 10.2. The van der Waals surface area contributed by atoms with E-state index in [4.69, 9.17) is 9.26 Å². The van der Waals surface area contributed by atoms with Gasteiger partial charge in [-0.3, -0.25) is 0 Å². The highest BCUT2D eigenvalue weighted by Gasteiger charge is 2.37. The van der Waals surface area contributed by atoms with E-state index >= 15 is 0 Å². The Bertz CT molecular complexity index is 411. The van der Waals surface area contributed by atoms with Crippen molar-refractivity contribution in [1.29, 1.82) is 0 Å². The molecule has 2 rings (SSSR count). The second kappa shape index (κ2) is 7.90. The first-order valence-corrected chi connectivity index (χ1v) is 8.32.